The first-order valence-corrected chi connectivity index (χ1v) is 12.0. The van der Waals surface area contributed by atoms with E-state index in [1.165, 1.54) is 6.42 Å². The lowest BCUT2D eigenvalue weighted by Gasteiger charge is -2.38. The van der Waals surface area contributed by atoms with Crippen molar-refractivity contribution in [3.05, 3.63) is 36.5 Å². The Morgan fingerprint density at radius 2 is 1.77 bits per heavy atom. The van der Waals surface area contributed by atoms with Gasteiger partial charge in [0.05, 0.1) is 18.4 Å². The van der Waals surface area contributed by atoms with Gasteiger partial charge in [0.25, 0.3) is 0 Å². The highest BCUT2D eigenvalue weighted by Crippen LogP contribution is 2.27. The van der Waals surface area contributed by atoms with Crippen LogP contribution in [0.25, 0.3) is 16.2 Å². The predicted octanol–water partition coefficient (Wildman–Crippen LogP) is 3.08. The lowest BCUT2D eigenvalue weighted by molar-refractivity contribution is -0.135. The Labute approximate surface area is 187 Å². The third-order valence-corrected chi connectivity index (χ3v) is 7.31. The van der Waals surface area contributed by atoms with Gasteiger partial charge in [-0.15, -0.1) is 5.10 Å². The predicted molar refractivity (Wildman–Crippen MR) is 124 cm³/mol. The highest BCUT2D eigenvalue weighted by Gasteiger charge is 2.28. The van der Waals surface area contributed by atoms with Crippen molar-refractivity contribution < 1.29 is 4.79 Å². The number of hydrogen-bond acceptors (Lipinski definition) is 6. The number of aromatic nitrogens is 3. The third kappa shape index (κ3) is 4.45. The zero-order valence-corrected chi connectivity index (χ0v) is 19.1. The van der Waals surface area contributed by atoms with Crippen LogP contribution in [0.1, 0.15) is 20.3 Å². The standard InChI is InChI=1S/C23H30N6OS/c1-17-12-18(2)14-28(13-17)21(30)16-26-8-10-27(11-9-26)23-25-29-15-20(24-22(29)31-23)19-6-4-3-5-7-19/h3-7,15,17-18H,8-14,16H2,1-2H3/t17-,18+. The number of piperazine rings is 1. The molecule has 0 aliphatic carbocycles. The highest BCUT2D eigenvalue weighted by atomic mass is 32.1. The quantitative estimate of drug-likeness (QED) is 0.627. The average molecular weight is 439 g/mol. The molecule has 31 heavy (non-hydrogen) atoms. The van der Waals surface area contributed by atoms with E-state index in [4.69, 9.17) is 10.1 Å². The number of nitrogens with zero attached hydrogens (tertiary/aromatic N) is 6. The van der Waals surface area contributed by atoms with Crippen molar-refractivity contribution in [1.29, 1.82) is 0 Å². The summed E-state index contributed by atoms with van der Waals surface area (Å²) >= 11 is 1.63. The van der Waals surface area contributed by atoms with Crippen LogP contribution in [0, 0.1) is 11.8 Å². The van der Waals surface area contributed by atoms with Crippen LogP contribution in [0.4, 0.5) is 5.13 Å². The second kappa shape index (κ2) is 8.59. The van der Waals surface area contributed by atoms with Crippen LogP contribution in [0.2, 0.25) is 0 Å². The Morgan fingerprint density at radius 3 is 2.45 bits per heavy atom. The maximum absolute atomic E-state index is 12.8. The minimum Gasteiger partial charge on any atom is -0.344 e. The number of amides is 1. The normalized spacial score (nSPS) is 22.9. The average Bonchev–Trinajstić information content (AvgIpc) is 3.34. The van der Waals surface area contributed by atoms with Crippen LogP contribution in [-0.2, 0) is 4.79 Å². The maximum atomic E-state index is 12.8. The molecule has 2 aliphatic rings. The van der Waals surface area contributed by atoms with E-state index in [1.54, 1.807) is 11.3 Å². The lowest BCUT2D eigenvalue weighted by Crippen LogP contribution is -2.52. The topological polar surface area (TPSA) is 57.0 Å². The zero-order chi connectivity index (χ0) is 21.4. The Morgan fingerprint density at radius 1 is 1.06 bits per heavy atom. The molecule has 2 saturated heterocycles. The van der Waals surface area contributed by atoms with E-state index in [-0.39, 0.29) is 5.91 Å². The molecule has 0 bridgehead atoms. The van der Waals surface area contributed by atoms with Crippen molar-refractivity contribution in [3.8, 4) is 11.3 Å². The van der Waals surface area contributed by atoms with Crippen LogP contribution >= 0.6 is 11.3 Å². The second-order valence-corrected chi connectivity index (χ2v) is 10.0. The number of imidazole rings is 1. The van der Waals surface area contributed by atoms with Crippen molar-refractivity contribution in [2.45, 2.75) is 20.3 Å². The molecule has 2 atom stereocenters. The van der Waals surface area contributed by atoms with Crippen molar-refractivity contribution in [3.63, 3.8) is 0 Å². The Kier molecular flexibility index (Phi) is 5.67. The van der Waals surface area contributed by atoms with Gasteiger partial charge in [0, 0.05) is 44.8 Å². The number of fused-ring (bicyclic) bond motifs is 1. The first-order chi connectivity index (χ1) is 15.0. The van der Waals surface area contributed by atoms with E-state index in [0.717, 1.165) is 60.6 Å². The van der Waals surface area contributed by atoms with Gasteiger partial charge in [0.15, 0.2) is 0 Å². The van der Waals surface area contributed by atoms with Gasteiger partial charge in [-0.2, -0.15) is 0 Å². The third-order valence-electron chi connectivity index (χ3n) is 6.33. The fourth-order valence-corrected chi connectivity index (χ4v) is 5.76. The van der Waals surface area contributed by atoms with Gasteiger partial charge in [-0.25, -0.2) is 9.50 Å². The maximum Gasteiger partial charge on any atom is 0.236 e. The van der Waals surface area contributed by atoms with Gasteiger partial charge in [-0.3, -0.25) is 9.69 Å². The fourth-order valence-electron chi connectivity index (χ4n) is 4.82. The highest BCUT2D eigenvalue weighted by molar-refractivity contribution is 7.20. The molecule has 4 heterocycles. The van der Waals surface area contributed by atoms with E-state index >= 15 is 0 Å². The Hall–Kier alpha value is -2.45. The molecule has 0 unspecified atom stereocenters. The number of carbonyl (C=O) groups is 1. The lowest BCUT2D eigenvalue weighted by atomic mass is 9.92. The smallest absolute Gasteiger partial charge is 0.236 e. The SMILES string of the molecule is C[C@@H]1C[C@H](C)CN(C(=O)CN2CCN(c3nn4cc(-c5ccccc5)nc4s3)CC2)C1. The molecule has 2 aliphatic heterocycles. The summed E-state index contributed by atoms with van der Waals surface area (Å²) in [6.07, 6.45) is 3.23. The van der Waals surface area contributed by atoms with Crippen molar-refractivity contribution in [2.24, 2.45) is 11.8 Å². The van der Waals surface area contributed by atoms with Gasteiger partial charge >= 0.3 is 0 Å². The molecule has 1 amide bonds. The van der Waals surface area contributed by atoms with Crippen molar-refractivity contribution in [2.75, 3.05) is 50.7 Å². The van der Waals surface area contributed by atoms with Crippen LogP contribution in [-0.4, -0.2) is 76.1 Å². The van der Waals surface area contributed by atoms with Gasteiger partial charge in [0.2, 0.25) is 16.0 Å². The molecule has 5 rings (SSSR count). The molecular weight excluding hydrogens is 408 g/mol. The van der Waals surface area contributed by atoms with Gasteiger partial charge < -0.3 is 9.80 Å². The molecule has 1 aromatic carbocycles. The van der Waals surface area contributed by atoms with E-state index < -0.39 is 0 Å². The van der Waals surface area contributed by atoms with Crippen LogP contribution in [0.15, 0.2) is 36.5 Å². The summed E-state index contributed by atoms with van der Waals surface area (Å²) in [5, 5.41) is 5.77. The number of carbonyl (C=O) groups excluding carboxylic acids is 1. The first-order valence-electron chi connectivity index (χ1n) is 11.2. The first kappa shape index (κ1) is 20.5. The van der Waals surface area contributed by atoms with Gasteiger partial charge in [-0.05, 0) is 18.3 Å². The number of hydrogen-bond donors (Lipinski definition) is 0. The van der Waals surface area contributed by atoms with E-state index in [9.17, 15) is 4.79 Å². The van der Waals surface area contributed by atoms with Crippen LogP contribution < -0.4 is 4.90 Å². The zero-order valence-electron chi connectivity index (χ0n) is 18.3. The van der Waals surface area contributed by atoms with E-state index in [2.05, 4.69) is 40.7 Å². The largest absolute Gasteiger partial charge is 0.344 e. The molecule has 2 fully saturated rings. The molecule has 2 aromatic heterocycles. The molecule has 8 heteroatoms. The van der Waals surface area contributed by atoms with E-state index in [1.807, 2.05) is 28.9 Å². The number of benzene rings is 1. The molecule has 164 valence electrons. The van der Waals surface area contributed by atoms with Crippen molar-refractivity contribution in [1.82, 2.24) is 24.4 Å². The number of likely N-dealkylation sites (tertiary alicyclic amines) is 1. The Balaban J connectivity index is 1.17. The minimum absolute atomic E-state index is 0.285. The molecule has 7 nitrogen and oxygen atoms in total. The second-order valence-electron chi connectivity index (χ2n) is 9.11. The van der Waals surface area contributed by atoms with Crippen molar-refractivity contribution >= 4 is 27.3 Å². The molecule has 0 radical (unpaired) electrons. The summed E-state index contributed by atoms with van der Waals surface area (Å²) in [6, 6.07) is 10.2. The van der Waals surface area contributed by atoms with Crippen LogP contribution in [0.3, 0.4) is 0 Å². The summed E-state index contributed by atoms with van der Waals surface area (Å²) < 4.78 is 1.89. The molecule has 0 saturated carbocycles. The Bertz CT molecular complexity index is 997. The number of piperidine rings is 1. The summed E-state index contributed by atoms with van der Waals surface area (Å²) in [7, 11) is 0. The molecule has 3 aromatic rings. The minimum atomic E-state index is 0.285. The fraction of sp³-hybridized carbons (Fsp3) is 0.522. The van der Waals surface area contributed by atoms with Gasteiger partial charge in [0.1, 0.15) is 0 Å². The summed E-state index contributed by atoms with van der Waals surface area (Å²) in [6.45, 7) is 10.4. The van der Waals surface area contributed by atoms with Crippen LogP contribution in [0.5, 0.6) is 0 Å². The molecular formula is C23H30N6OS. The molecule has 0 N–H and O–H groups in total. The summed E-state index contributed by atoms with van der Waals surface area (Å²) in [4.78, 5) is 25.1. The number of rotatable bonds is 4. The number of anilines is 1. The summed E-state index contributed by atoms with van der Waals surface area (Å²) in [5.41, 5.74) is 2.06. The summed E-state index contributed by atoms with van der Waals surface area (Å²) in [5.74, 6) is 1.50. The van der Waals surface area contributed by atoms with Gasteiger partial charge in [-0.1, -0.05) is 55.5 Å². The molecule has 0 spiro atoms. The monoisotopic (exact) mass is 438 g/mol. The van der Waals surface area contributed by atoms with E-state index in [0.29, 0.717) is 18.4 Å².